The van der Waals surface area contributed by atoms with Gasteiger partial charge in [0.2, 0.25) is 5.95 Å². The number of benzene rings is 2. The number of nitrogens with two attached hydrogens (primary N) is 1. The predicted octanol–water partition coefficient (Wildman–Crippen LogP) is 2.70. The highest BCUT2D eigenvalue weighted by atomic mass is 79.9. The molecule has 0 fully saturated rings. The van der Waals surface area contributed by atoms with Crippen molar-refractivity contribution in [1.29, 1.82) is 0 Å². The van der Waals surface area contributed by atoms with Crippen molar-refractivity contribution in [3.8, 4) is 11.1 Å². The van der Waals surface area contributed by atoms with Crippen LogP contribution < -0.4 is 20.9 Å². The summed E-state index contributed by atoms with van der Waals surface area (Å²) in [6.45, 7) is 0. The summed E-state index contributed by atoms with van der Waals surface area (Å²) >= 11 is 3.53. The first-order chi connectivity index (χ1) is 13.0. The maximum absolute atomic E-state index is 12.1. The first-order valence-electron chi connectivity index (χ1n) is 7.93. The van der Waals surface area contributed by atoms with Crippen LogP contribution in [0.2, 0.25) is 0 Å². The smallest absolute Gasteiger partial charge is 0.325 e. The van der Waals surface area contributed by atoms with Crippen LogP contribution in [0.25, 0.3) is 22.0 Å². The van der Waals surface area contributed by atoms with Crippen LogP contribution in [0.15, 0.2) is 64.3 Å². The Hall–Kier alpha value is -3.46. The van der Waals surface area contributed by atoms with Crippen molar-refractivity contribution >= 4 is 44.5 Å². The molecule has 134 valence electrons. The molecule has 0 saturated carbocycles. The molecule has 0 unspecified atom stereocenters. The number of nitrogen functional groups attached to an aromatic ring is 1. The molecule has 0 saturated heterocycles. The van der Waals surface area contributed by atoms with Gasteiger partial charge in [0.25, 0.3) is 5.56 Å². The highest BCUT2D eigenvalue weighted by molar-refractivity contribution is 9.10. The molecule has 2 aromatic carbocycles. The zero-order chi connectivity index (χ0) is 19.0. The molecule has 0 spiro atoms. The molecular weight excluding hydrogens is 412 g/mol. The van der Waals surface area contributed by atoms with Crippen LogP contribution in [0.4, 0.5) is 17.5 Å². The minimum atomic E-state index is -0.558. The average molecular weight is 425 g/mol. The highest BCUT2D eigenvalue weighted by Crippen LogP contribution is 2.34. The van der Waals surface area contributed by atoms with Gasteiger partial charge in [-0.2, -0.15) is 4.98 Å². The molecule has 4 aromatic rings. The van der Waals surface area contributed by atoms with E-state index in [0.717, 1.165) is 5.69 Å². The molecule has 27 heavy (non-hydrogen) atoms. The Bertz CT molecular complexity index is 1250. The first kappa shape index (κ1) is 17.0. The summed E-state index contributed by atoms with van der Waals surface area (Å²) < 4.78 is 1.72. The van der Waals surface area contributed by atoms with Gasteiger partial charge in [0, 0.05) is 11.6 Å². The lowest BCUT2D eigenvalue weighted by atomic mass is 10.1. The van der Waals surface area contributed by atoms with E-state index in [2.05, 4.69) is 36.1 Å². The number of halogens is 1. The third-order valence-corrected chi connectivity index (χ3v) is 4.74. The number of H-pyrrole nitrogens is 2. The second-order valence-corrected chi connectivity index (χ2v) is 6.45. The number of hydrogen-bond acceptors (Lipinski definition) is 6. The number of aromatic amines is 2. The fourth-order valence-corrected chi connectivity index (χ4v) is 3.26. The lowest BCUT2D eigenvalue weighted by Crippen LogP contribution is -2.22. The van der Waals surface area contributed by atoms with Crippen LogP contribution in [0.3, 0.4) is 0 Å². The van der Waals surface area contributed by atoms with Crippen LogP contribution in [0.5, 0.6) is 0 Å². The minimum absolute atomic E-state index is 0.132. The van der Waals surface area contributed by atoms with Gasteiger partial charge < -0.3 is 10.7 Å². The highest BCUT2D eigenvalue weighted by Gasteiger charge is 2.15. The number of para-hydroxylation sites is 1. The van der Waals surface area contributed by atoms with E-state index < -0.39 is 11.2 Å². The summed E-state index contributed by atoms with van der Waals surface area (Å²) in [4.78, 5) is 36.7. The van der Waals surface area contributed by atoms with Crippen LogP contribution in [0.1, 0.15) is 0 Å². The number of anilines is 3. The quantitative estimate of drug-likeness (QED) is 0.434. The Morgan fingerprint density at radius 1 is 1.04 bits per heavy atom. The molecule has 0 aliphatic carbocycles. The predicted molar refractivity (Wildman–Crippen MR) is 108 cm³/mol. The van der Waals surface area contributed by atoms with Crippen molar-refractivity contribution in [2.24, 2.45) is 0 Å². The van der Waals surface area contributed by atoms with E-state index in [-0.39, 0.29) is 5.95 Å². The summed E-state index contributed by atoms with van der Waals surface area (Å²) in [5.41, 5.74) is 7.26. The minimum Gasteiger partial charge on any atom is -0.368 e. The van der Waals surface area contributed by atoms with Crippen molar-refractivity contribution in [2.75, 3.05) is 9.66 Å². The van der Waals surface area contributed by atoms with Gasteiger partial charge in [-0.3, -0.25) is 13.7 Å². The largest absolute Gasteiger partial charge is 0.368 e. The van der Waals surface area contributed by atoms with Gasteiger partial charge in [-0.25, -0.2) is 9.78 Å². The number of rotatable bonds is 3. The molecular formula is C18H13BrN6O2. The van der Waals surface area contributed by atoms with E-state index >= 15 is 0 Å². The number of fused-ring (bicyclic) bond motifs is 1. The summed E-state index contributed by atoms with van der Waals surface area (Å²) in [5, 5.41) is 0.688. The molecule has 4 N–H and O–H groups in total. The van der Waals surface area contributed by atoms with E-state index in [4.69, 9.17) is 5.73 Å². The van der Waals surface area contributed by atoms with Gasteiger partial charge >= 0.3 is 5.69 Å². The van der Waals surface area contributed by atoms with Crippen LogP contribution in [0, 0.1) is 0 Å². The molecule has 9 heteroatoms. The Balaban J connectivity index is 1.93. The van der Waals surface area contributed by atoms with Crippen molar-refractivity contribution < 1.29 is 0 Å². The second-order valence-electron chi connectivity index (χ2n) is 5.74. The van der Waals surface area contributed by atoms with Crippen LogP contribution >= 0.6 is 16.1 Å². The first-order valence-corrected chi connectivity index (χ1v) is 8.64. The number of nitrogens with one attached hydrogen (secondary N) is 2. The van der Waals surface area contributed by atoms with E-state index in [1.165, 1.54) is 6.20 Å². The Kier molecular flexibility index (Phi) is 4.21. The van der Waals surface area contributed by atoms with E-state index in [0.29, 0.717) is 27.8 Å². The van der Waals surface area contributed by atoms with Crippen LogP contribution in [-0.4, -0.2) is 19.9 Å². The zero-order valence-corrected chi connectivity index (χ0v) is 15.4. The standard InChI is InChI=1S/C18H13BrN6O2/c19-25(11-4-2-1-3-5-11)15-12-8-10(6-7-14(12)22-17(20)23-15)13-9-21-18(27)24-16(13)26/h1-9H,(H2,20,22,23)(H2,21,24,26,27). The van der Waals surface area contributed by atoms with Crippen LogP contribution in [-0.2, 0) is 0 Å². The molecule has 0 atom stereocenters. The van der Waals surface area contributed by atoms with Crippen molar-refractivity contribution in [3.05, 3.63) is 75.6 Å². The van der Waals surface area contributed by atoms with Gasteiger partial charge in [-0.1, -0.05) is 24.3 Å². The molecule has 2 aromatic heterocycles. The fraction of sp³-hybridized carbons (Fsp3) is 0. The number of hydrogen-bond donors (Lipinski definition) is 3. The van der Waals surface area contributed by atoms with Crippen molar-refractivity contribution in [3.63, 3.8) is 0 Å². The SMILES string of the molecule is Nc1nc(N(Br)c2ccccc2)c2cc(-c3c[nH]c(=O)[nH]c3=O)ccc2n1. The lowest BCUT2D eigenvalue weighted by Gasteiger charge is -2.18. The number of aromatic nitrogens is 4. The zero-order valence-electron chi connectivity index (χ0n) is 13.8. The Labute approximate surface area is 161 Å². The molecule has 8 nitrogen and oxygen atoms in total. The van der Waals surface area contributed by atoms with Crippen molar-refractivity contribution in [1.82, 2.24) is 19.9 Å². The van der Waals surface area contributed by atoms with Gasteiger partial charge in [-0.15, -0.1) is 0 Å². The third kappa shape index (κ3) is 3.20. The molecule has 0 aliphatic heterocycles. The molecule has 0 bridgehead atoms. The van der Waals surface area contributed by atoms with E-state index in [1.807, 2.05) is 30.3 Å². The molecule has 0 radical (unpaired) electrons. The molecule has 4 rings (SSSR count). The second kappa shape index (κ2) is 6.69. The fourth-order valence-electron chi connectivity index (χ4n) is 2.75. The monoisotopic (exact) mass is 424 g/mol. The third-order valence-electron chi connectivity index (χ3n) is 3.99. The average Bonchev–Trinajstić information content (AvgIpc) is 2.67. The van der Waals surface area contributed by atoms with E-state index in [9.17, 15) is 9.59 Å². The van der Waals surface area contributed by atoms with Gasteiger partial charge in [0.1, 0.15) is 0 Å². The molecule has 2 heterocycles. The Morgan fingerprint density at radius 2 is 1.81 bits per heavy atom. The summed E-state index contributed by atoms with van der Waals surface area (Å²) in [6.07, 6.45) is 1.38. The normalized spacial score (nSPS) is 10.9. The van der Waals surface area contributed by atoms with Gasteiger partial charge in [0.05, 0.1) is 32.9 Å². The Morgan fingerprint density at radius 3 is 2.56 bits per heavy atom. The summed E-state index contributed by atoms with van der Waals surface area (Å²) in [5.74, 6) is 0.666. The maximum atomic E-state index is 12.1. The van der Waals surface area contributed by atoms with Crippen molar-refractivity contribution in [2.45, 2.75) is 0 Å². The summed E-state index contributed by atoms with van der Waals surface area (Å²) in [6, 6.07) is 14.8. The molecule has 0 amide bonds. The lowest BCUT2D eigenvalue weighted by molar-refractivity contribution is 1.04. The van der Waals surface area contributed by atoms with E-state index in [1.54, 1.807) is 22.1 Å². The maximum Gasteiger partial charge on any atom is 0.325 e. The number of nitrogens with zero attached hydrogens (tertiary/aromatic N) is 3. The topological polar surface area (TPSA) is 121 Å². The molecule has 0 aliphatic rings. The summed E-state index contributed by atoms with van der Waals surface area (Å²) in [7, 11) is 0. The van der Waals surface area contributed by atoms with Gasteiger partial charge in [-0.05, 0) is 29.8 Å². The van der Waals surface area contributed by atoms with Gasteiger partial charge in [0.15, 0.2) is 5.82 Å².